The van der Waals surface area contributed by atoms with Crippen molar-refractivity contribution in [2.75, 3.05) is 36.5 Å². The lowest BCUT2D eigenvalue weighted by Gasteiger charge is -2.22. The summed E-state index contributed by atoms with van der Waals surface area (Å²) in [4.78, 5) is 18.8. The first-order chi connectivity index (χ1) is 13.2. The Kier molecular flexibility index (Phi) is 8.42. The Morgan fingerprint density at radius 3 is 2.11 bits per heavy atom. The summed E-state index contributed by atoms with van der Waals surface area (Å²) in [7, 11) is 0. The van der Waals surface area contributed by atoms with Crippen LogP contribution in [-0.2, 0) is 4.79 Å². The van der Waals surface area contributed by atoms with E-state index in [0.29, 0.717) is 18.0 Å². The van der Waals surface area contributed by atoms with E-state index in [9.17, 15) is 4.79 Å². The van der Waals surface area contributed by atoms with Crippen molar-refractivity contribution in [3.05, 3.63) is 42.6 Å². The summed E-state index contributed by atoms with van der Waals surface area (Å²) in [6.45, 7) is 8.74. The molecule has 0 saturated heterocycles. The average molecular weight is 371 g/mol. The van der Waals surface area contributed by atoms with Gasteiger partial charge in [0.1, 0.15) is 17.3 Å². The smallest absolute Gasteiger partial charge is 0.262 e. The van der Waals surface area contributed by atoms with Gasteiger partial charge in [0.2, 0.25) is 0 Å². The molecule has 0 aliphatic rings. The van der Waals surface area contributed by atoms with Crippen LogP contribution in [0.2, 0.25) is 0 Å². The minimum Gasteiger partial charge on any atom is -0.494 e. The number of anilines is 2. The fourth-order valence-corrected chi connectivity index (χ4v) is 2.67. The molecule has 1 amide bonds. The fourth-order valence-electron chi connectivity index (χ4n) is 2.67. The van der Waals surface area contributed by atoms with Crippen molar-refractivity contribution in [3.63, 3.8) is 0 Å². The molecule has 0 bridgehead atoms. The molecule has 0 fully saturated rings. The maximum absolute atomic E-state index is 12.1. The van der Waals surface area contributed by atoms with Gasteiger partial charge in [-0.3, -0.25) is 4.79 Å². The lowest BCUT2D eigenvalue weighted by atomic mass is 10.3. The molecule has 146 valence electrons. The van der Waals surface area contributed by atoms with Crippen LogP contribution in [0.5, 0.6) is 11.5 Å². The highest BCUT2D eigenvalue weighted by Gasteiger charge is 2.08. The molecular weight excluding hydrogens is 342 g/mol. The third kappa shape index (κ3) is 6.81. The van der Waals surface area contributed by atoms with Crippen molar-refractivity contribution < 1.29 is 14.3 Å². The van der Waals surface area contributed by atoms with E-state index in [4.69, 9.17) is 9.47 Å². The lowest BCUT2D eigenvalue weighted by molar-refractivity contribution is -0.118. The number of carbonyl (C=O) groups is 1. The summed E-state index contributed by atoms with van der Waals surface area (Å²) < 4.78 is 10.9. The minimum atomic E-state index is -0.225. The molecule has 27 heavy (non-hydrogen) atoms. The Morgan fingerprint density at radius 1 is 0.963 bits per heavy atom. The second-order valence-electron chi connectivity index (χ2n) is 6.13. The first-order valence-corrected chi connectivity index (χ1v) is 9.52. The summed E-state index contributed by atoms with van der Waals surface area (Å²) in [5, 5.41) is 2.80. The number of amides is 1. The zero-order chi connectivity index (χ0) is 19.5. The third-order valence-corrected chi connectivity index (χ3v) is 3.85. The minimum absolute atomic E-state index is 0.0620. The molecule has 0 aliphatic carbocycles. The number of ether oxygens (including phenoxy) is 2. The van der Waals surface area contributed by atoms with Gasteiger partial charge in [-0.25, -0.2) is 4.98 Å². The Hall–Kier alpha value is -2.76. The van der Waals surface area contributed by atoms with Crippen molar-refractivity contribution in [1.29, 1.82) is 0 Å². The van der Waals surface area contributed by atoms with Crippen LogP contribution in [0.15, 0.2) is 42.6 Å². The molecule has 1 aromatic carbocycles. The van der Waals surface area contributed by atoms with E-state index in [2.05, 4.69) is 29.0 Å². The summed E-state index contributed by atoms with van der Waals surface area (Å²) in [6.07, 6.45) is 3.83. The first-order valence-electron chi connectivity index (χ1n) is 9.52. The number of nitrogens with one attached hydrogen (secondary N) is 1. The van der Waals surface area contributed by atoms with Crippen LogP contribution in [0.3, 0.4) is 0 Å². The number of carbonyl (C=O) groups excluding carboxylic acids is 1. The van der Waals surface area contributed by atoms with E-state index in [-0.39, 0.29) is 12.5 Å². The number of rotatable bonds is 11. The highest BCUT2D eigenvalue weighted by molar-refractivity contribution is 5.91. The largest absolute Gasteiger partial charge is 0.494 e. The Labute approximate surface area is 161 Å². The fraction of sp³-hybridized carbons (Fsp3) is 0.429. The molecular formula is C21H29N3O3. The molecule has 2 rings (SSSR count). The molecule has 0 atom stereocenters. The Morgan fingerprint density at radius 2 is 1.59 bits per heavy atom. The van der Waals surface area contributed by atoms with E-state index in [0.717, 1.165) is 37.5 Å². The predicted octanol–water partition coefficient (Wildman–Crippen LogP) is 4.12. The zero-order valence-corrected chi connectivity index (χ0v) is 16.4. The van der Waals surface area contributed by atoms with E-state index in [1.54, 1.807) is 18.3 Å². The standard InChI is InChI=1S/C21H29N3O3/c1-4-13-24(14-5-2)20-12-7-17(15-22-20)23-21(25)16-27-19-10-8-18(9-11-19)26-6-3/h7-12,15H,4-6,13-14,16H2,1-3H3,(H,23,25). The van der Waals surface area contributed by atoms with Crippen LogP contribution in [-0.4, -0.2) is 37.2 Å². The first kappa shape index (κ1) is 20.6. The maximum atomic E-state index is 12.1. The van der Waals surface area contributed by atoms with Gasteiger partial charge < -0.3 is 19.7 Å². The van der Waals surface area contributed by atoms with Crippen LogP contribution < -0.4 is 19.7 Å². The molecule has 0 aliphatic heterocycles. The van der Waals surface area contributed by atoms with Gasteiger partial charge in [0.05, 0.1) is 18.5 Å². The predicted molar refractivity (Wildman–Crippen MR) is 109 cm³/mol. The molecule has 6 nitrogen and oxygen atoms in total. The normalized spacial score (nSPS) is 10.3. The molecule has 1 heterocycles. The summed E-state index contributed by atoms with van der Waals surface area (Å²) in [6, 6.07) is 11.0. The van der Waals surface area contributed by atoms with Crippen LogP contribution in [0.1, 0.15) is 33.6 Å². The second-order valence-corrected chi connectivity index (χ2v) is 6.13. The molecule has 2 aromatic rings. The van der Waals surface area contributed by atoms with Gasteiger partial charge in [-0.2, -0.15) is 0 Å². The molecule has 0 radical (unpaired) electrons. The molecule has 1 N–H and O–H groups in total. The third-order valence-electron chi connectivity index (χ3n) is 3.85. The summed E-state index contributed by atoms with van der Waals surface area (Å²) in [5.74, 6) is 2.11. The zero-order valence-electron chi connectivity index (χ0n) is 16.4. The average Bonchev–Trinajstić information content (AvgIpc) is 2.68. The van der Waals surface area contributed by atoms with E-state index >= 15 is 0 Å². The van der Waals surface area contributed by atoms with Gasteiger partial charge >= 0.3 is 0 Å². The van der Waals surface area contributed by atoms with Crippen LogP contribution in [0.4, 0.5) is 11.5 Å². The number of hydrogen-bond acceptors (Lipinski definition) is 5. The molecule has 0 spiro atoms. The highest BCUT2D eigenvalue weighted by atomic mass is 16.5. The highest BCUT2D eigenvalue weighted by Crippen LogP contribution is 2.18. The number of pyridine rings is 1. The van der Waals surface area contributed by atoms with Gasteiger partial charge in [-0.1, -0.05) is 13.8 Å². The quantitative estimate of drug-likeness (QED) is 0.644. The molecule has 0 saturated carbocycles. The van der Waals surface area contributed by atoms with Gasteiger partial charge in [-0.15, -0.1) is 0 Å². The van der Waals surface area contributed by atoms with Crippen molar-refractivity contribution in [1.82, 2.24) is 4.98 Å². The molecule has 6 heteroatoms. The monoisotopic (exact) mass is 371 g/mol. The summed E-state index contributed by atoms with van der Waals surface area (Å²) >= 11 is 0. The van der Waals surface area contributed by atoms with E-state index in [1.807, 2.05) is 31.2 Å². The van der Waals surface area contributed by atoms with Crippen LogP contribution in [0.25, 0.3) is 0 Å². The summed E-state index contributed by atoms with van der Waals surface area (Å²) in [5.41, 5.74) is 0.659. The molecule has 1 aromatic heterocycles. The van der Waals surface area contributed by atoms with E-state index < -0.39 is 0 Å². The van der Waals surface area contributed by atoms with Crippen LogP contribution >= 0.6 is 0 Å². The number of benzene rings is 1. The van der Waals surface area contributed by atoms with Crippen molar-refractivity contribution >= 4 is 17.4 Å². The van der Waals surface area contributed by atoms with Crippen LogP contribution in [0, 0.1) is 0 Å². The number of aromatic nitrogens is 1. The van der Waals surface area contributed by atoms with Crippen molar-refractivity contribution in [2.24, 2.45) is 0 Å². The lowest BCUT2D eigenvalue weighted by Crippen LogP contribution is -2.26. The SMILES string of the molecule is CCCN(CCC)c1ccc(NC(=O)COc2ccc(OCC)cc2)cn1. The topological polar surface area (TPSA) is 63.7 Å². The molecule has 0 unspecified atom stereocenters. The maximum Gasteiger partial charge on any atom is 0.262 e. The Balaban J connectivity index is 1.84. The number of nitrogens with zero attached hydrogens (tertiary/aromatic N) is 2. The van der Waals surface area contributed by atoms with Gasteiger partial charge in [0.15, 0.2) is 6.61 Å². The van der Waals surface area contributed by atoms with Gasteiger partial charge in [0, 0.05) is 13.1 Å². The Bertz CT molecular complexity index is 681. The van der Waals surface area contributed by atoms with Gasteiger partial charge in [0.25, 0.3) is 5.91 Å². The van der Waals surface area contributed by atoms with Crippen molar-refractivity contribution in [2.45, 2.75) is 33.6 Å². The van der Waals surface area contributed by atoms with E-state index in [1.165, 1.54) is 0 Å². The van der Waals surface area contributed by atoms with Gasteiger partial charge in [-0.05, 0) is 56.2 Å². The second kappa shape index (κ2) is 11.1. The number of hydrogen-bond donors (Lipinski definition) is 1. The van der Waals surface area contributed by atoms with Crippen molar-refractivity contribution in [3.8, 4) is 11.5 Å².